The second-order valence-electron chi connectivity index (χ2n) is 7.28. The highest BCUT2D eigenvalue weighted by atomic mass is 79.9. The molecule has 1 N–H and O–H groups in total. The molecule has 0 aliphatic rings. The molecule has 0 spiro atoms. The first-order valence-electron chi connectivity index (χ1n) is 10.5. The SMILES string of the molecule is CCOc1ccc(-n2c(SCC(=O)Nc3ccc(Br)cc3)nnc2-c2cccc(C)c2)cc1. The number of aryl methyl sites for hydroxylation is 1. The number of carbonyl (C=O) groups is 1. The second kappa shape index (κ2) is 10.7. The van der Waals surface area contributed by atoms with Gasteiger partial charge >= 0.3 is 0 Å². The van der Waals surface area contributed by atoms with E-state index in [4.69, 9.17) is 4.74 Å². The number of carbonyl (C=O) groups excluding carboxylic acids is 1. The number of halogens is 1. The Morgan fingerprint density at radius 1 is 1.06 bits per heavy atom. The first kappa shape index (κ1) is 23.1. The van der Waals surface area contributed by atoms with Gasteiger partial charge in [0.25, 0.3) is 0 Å². The molecule has 0 aliphatic carbocycles. The van der Waals surface area contributed by atoms with Crippen LogP contribution >= 0.6 is 27.7 Å². The summed E-state index contributed by atoms with van der Waals surface area (Å²) in [5.74, 6) is 1.62. The number of ether oxygens (including phenoxy) is 1. The first-order valence-corrected chi connectivity index (χ1v) is 12.3. The maximum atomic E-state index is 12.5. The Balaban J connectivity index is 1.60. The maximum Gasteiger partial charge on any atom is 0.234 e. The number of nitrogens with one attached hydrogen (secondary N) is 1. The number of nitrogens with zero attached hydrogens (tertiary/aromatic N) is 3. The number of hydrogen-bond donors (Lipinski definition) is 1. The Hall–Kier alpha value is -3.10. The molecule has 0 bridgehead atoms. The molecule has 4 rings (SSSR count). The van der Waals surface area contributed by atoms with Crippen molar-refractivity contribution in [3.63, 3.8) is 0 Å². The van der Waals surface area contributed by atoms with E-state index in [9.17, 15) is 4.79 Å². The molecule has 0 saturated carbocycles. The predicted octanol–water partition coefficient (Wildman–Crippen LogP) is 6.13. The normalized spacial score (nSPS) is 10.8. The summed E-state index contributed by atoms with van der Waals surface area (Å²) in [6.07, 6.45) is 0. The summed E-state index contributed by atoms with van der Waals surface area (Å²) < 4.78 is 8.51. The van der Waals surface area contributed by atoms with Gasteiger partial charge in [-0.3, -0.25) is 9.36 Å². The van der Waals surface area contributed by atoms with E-state index in [0.29, 0.717) is 11.8 Å². The minimum atomic E-state index is -0.110. The van der Waals surface area contributed by atoms with Gasteiger partial charge in [-0.05, 0) is 68.4 Å². The summed E-state index contributed by atoms with van der Waals surface area (Å²) in [6.45, 7) is 4.61. The largest absolute Gasteiger partial charge is 0.494 e. The predicted molar refractivity (Wildman–Crippen MR) is 136 cm³/mol. The molecule has 4 aromatic rings. The lowest BCUT2D eigenvalue weighted by Gasteiger charge is -2.12. The van der Waals surface area contributed by atoms with Crippen LogP contribution in [0.5, 0.6) is 5.75 Å². The van der Waals surface area contributed by atoms with Crippen molar-refractivity contribution in [2.45, 2.75) is 19.0 Å². The zero-order valence-electron chi connectivity index (χ0n) is 18.3. The number of rotatable bonds is 8. The quantitative estimate of drug-likeness (QED) is 0.281. The summed E-state index contributed by atoms with van der Waals surface area (Å²) in [7, 11) is 0. The van der Waals surface area contributed by atoms with Crippen molar-refractivity contribution >= 4 is 39.3 Å². The Kier molecular flexibility index (Phi) is 7.47. The minimum absolute atomic E-state index is 0.110. The molecule has 0 saturated heterocycles. The van der Waals surface area contributed by atoms with Crippen LogP contribution in [0.2, 0.25) is 0 Å². The average molecular weight is 523 g/mol. The molecule has 1 heterocycles. The van der Waals surface area contributed by atoms with Gasteiger partial charge in [-0.15, -0.1) is 10.2 Å². The molecule has 0 atom stereocenters. The highest BCUT2D eigenvalue weighted by Gasteiger charge is 2.18. The highest BCUT2D eigenvalue weighted by Crippen LogP contribution is 2.29. The molecule has 0 aliphatic heterocycles. The van der Waals surface area contributed by atoms with Crippen molar-refractivity contribution in [3.8, 4) is 22.8 Å². The summed E-state index contributed by atoms with van der Waals surface area (Å²) in [5, 5.41) is 12.4. The molecule has 0 fully saturated rings. The Bertz CT molecular complexity index is 1240. The number of aromatic nitrogens is 3. The van der Waals surface area contributed by atoms with E-state index in [1.165, 1.54) is 11.8 Å². The molecule has 0 radical (unpaired) electrons. The van der Waals surface area contributed by atoms with Gasteiger partial charge in [0.05, 0.1) is 12.4 Å². The van der Waals surface area contributed by atoms with Gasteiger partial charge in [-0.1, -0.05) is 51.5 Å². The molecule has 168 valence electrons. The Labute approximate surface area is 205 Å². The van der Waals surface area contributed by atoms with Gasteiger partial charge in [0, 0.05) is 21.4 Å². The van der Waals surface area contributed by atoms with Crippen molar-refractivity contribution in [3.05, 3.63) is 82.8 Å². The van der Waals surface area contributed by atoms with Crippen LogP contribution in [0.15, 0.2) is 82.4 Å². The van der Waals surface area contributed by atoms with Crippen LogP contribution in [0.3, 0.4) is 0 Å². The zero-order chi connectivity index (χ0) is 23.2. The van der Waals surface area contributed by atoms with E-state index in [2.05, 4.69) is 37.5 Å². The van der Waals surface area contributed by atoms with E-state index >= 15 is 0 Å². The fraction of sp³-hybridized carbons (Fsp3) is 0.160. The lowest BCUT2D eigenvalue weighted by molar-refractivity contribution is -0.113. The van der Waals surface area contributed by atoms with Crippen LogP contribution in [-0.4, -0.2) is 33.0 Å². The number of anilines is 1. The number of hydrogen-bond acceptors (Lipinski definition) is 5. The molecule has 1 aromatic heterocycles. The summed E-state index contributed by atoms with van der Waals surface area (Å²) in [4.78, 5) is 12.5. The van der Waals surface area contributed by atoms with Crippen LogP contribution in [-0.2, 0) is 4.79 Å². The highest BCUT2D eigenvalue weighted by molar-refractivity contribution is 9.10. The minimum Gasteiger partial charge on any atom is -0.494 e. The molecule has 3 aromatic carbocycles. The van der Waals surface area contributed by atoms with Crippen molar-refractivity contribution in [1.82, 2.24) is 14.8 Å². The molecule has 0 unspecified atom stereocenters. The first-order chi connectivity index (χ1) is 16.0. The third kappa shape index (κ3) is 5.83. The van der Waals surface area contributed by atoms with Gasteiger partial charge < -0.3 is 10.1 Å². The molecular formula is C25H23BrN4O2S. The molecule has 1 amide bonds. The summed E-state index contributed by atoms with van der Waals surface area (Å²) in [6, 6.07) is 23.4. The second-order valence-corrected chi connectivity index (χ2v) is 9.14. The number of benzene rings is 3. The average Bonchev–Trinajstić information content (AvgIpc) is 3.24. The standard InChI is InChI=1S/C25H23BrN4O2S/c1-3-32-22-13-11-21(12-14-22)30-24(18-6-4-5-17(2)15-18)28-29-25(30)33-16-23(31)27-20-9-7-19(26)8-10-20/h4-15H,3,16H2,1-2H3,(H,27,31). The lowest BCUT2D eigenvalue weighted by Crippen LogP contribution is -2.14. The maximum absolute atomic E-state index is 12.5. The van der Waals surface area contributed by atoms with Crippen molar-refractivity contribution < 1.29 is 9.53 Å². The number of amides is 1. The van der Waals surface area contributed by atoms with Crippen molar-refractivity contribution in [2.24, 2.45) is 0 Å². The third-order valence-electron chi connectivity index (χ3n) is 4.78. The Morgan fingerprint density at radius 2 is 1.82 bits per heavy atom. The molecule has 33 heavy (non-hydrogen) atoms. The molecule has 6 nitrogen and oxygen atoms in total. The van der Waals surface area contributed by atoms with Gasteiger partial charge in [0.15, 0.2) is 11.0 Å². The fourth-order valence-electron chi connectivity index (χ4n) is 3.29. The van der Waals surface area contributed by atoms with Gasteiger partial charge in [-0.25, -0.2) is 0 Å². The van der Waals surface area contributed by atoms with Crippen LogP contribution in [0.4, 0.5) is 5.69 Å². The van der Waals surface area contributed by atoms with Crippen LogP contribution in [0.25, 0.3) is 17.1 Å². The van der Waals surface area contributed by atoms with Crippen LogP contribution in [0, 0.1) is 6.92 Å². The van der Waals surface area contributed by atoms with Crippen LogP contribution < -0.4 is 10.1 Å². The van der Waals surface area contributed by atoms with E-state index in [1.54, 1.807) is 0 Å². The van der Waals surface area contributed by atoms with E-state index in [-0.39, 0.29) is 11.7 Å². The third-order valence-corrected chi connectivity index (χ3v) is 6.23. The van der Waals surface area contributed by atoms with Gasteiger partial charge in [0.1, 0.15) is 5.75 Å². The van der Waals surface area contributed by atoms with Crippen molar-refractivity contribution in [1.29, 1.82) is 0 Å². The fourth-order valence-corrected chi connectivity index (χ4v) is 4.30. The summed E-state index contributed by atoms with van der Waals surface area (Å²) >= 11 is 4.74. The number of thioether (sulfide) groups is 1. The van der Waals surface area contributed by atoms with Crippen LogP contribution in [0.1, 0.15) is 12.5 Å². The van der Waals surface area contributed by atoms with Gasteiger partial charge in [-0.2, -0.15) is 0 Å². The lowest BCUT2D eigenvalue weighted by atomic mass is 10.1. The van der Waals surface area contributed by atoms with E-state index in [1.807, 2.05) is 85.1 Å². The zero-order valence-corrected chi connectivity index (χ0v) is 20.7. The van der Waals surface area contributed by atoms with E-state index in [0.717, 1.165) is 38.5 Å². The monoisotopic (exact) mass is 522 g/mol. The van der Waals surface area contributed by atoms with E-state index < -0.39 is 0 Å². The smallest absolute Gasteiger partial charge is 0.234 e. The molecular weight excluding hydrogens is 500 g/mol. The molecule has 8 heteroatoms. The Morgan fingerprint density at radius 3 is 2.52 bits per heavy atom. The topological polar surface area (TPSA) is 69.0 Å². The van der Waals surface area contributed by atoms with Gasteiger partial charge in [0.2, 0.25) is 5.91 Å². The van der Waals surface area contributed by atoms with Crippen molar-refractivity contribution in [2.75, 3.05) is 17.7 Å². The summed E-state index contributed by atoms with van der Waals surface area (Å²) in [5.41, 5.74) is 3.74.